The topological polar surface area (TPSA) is 82.9 Å². The fourth-order valence-electron chi connectivity index (χ4n) is 7.78. The predicted octanol–water partition coefficient (Wildman–Crippen LogP) is 10.1. The second kappa shape index (κ2) is 12.2. The van der Waals surface area contributed by atoms with E-state index in [1.54, 1.807) is 0 Å². The van der Waals surface area contributed by atoms with Gasteiger partial charge in [-0.1, -0.05) is 121 Å². The number of aromatic nitrogens is 7. The van der Waals surface area contributed by atoms with E-state index in [-0.39, 0.29) is 11.5 Å². The minimum atomic E-state index is -0.261. The van der Waals surface area contributed by atoms with E-state index in [1.165, 1.54) is 15.3 Å². The number of imidazole rings is 1. The Morgan fingerprint density at radius 1 is 0.382 bits per heavy atom. The van der Waals surface area contributed by atoms with Crippen LogP contribution in [-0.2, 0) is 0 Å². The van der Waals surface area contributed by atoms with Crippen molar-refractivity contribution in [1.82, 2.24) is 33.5 Å². The van der Waals surface area contributed by atoms with Crippen molar-refractivity contribution in [3.05, 3.63) is 186 Å². The van der Waals surface area contributed by atoms with Crippen molar-refractivity contribution in [2.24, 2.45) is 0 Å². The van der Waals surface area contributed by atoms with E-state index in [4.69, 9.17) is 19.9 Å². The summed E-state index contributed by atoms with van der Waals surface area (Å²) in [6.07, 6.45) is 0. The van der Waals surface area contributed by atoms with Crippen LogP contribution in [0.4, 0.5) is 0 Å². The summed E-state index contributed by atoms with van der Waals surface area (Å²) in [5.74, 6) is 1.54. The van der Waals surface area contributed by atoms with Crippen LogP contribution < -0.4 is 5.56 Å². The van der Waals surface area contributed by atoms with E-state index in [0.29, 0.717) is 22.8 Å². The van der Waals surface area contributed by atoms with Crippen LogP contribution >= 0.6 is 0 Å². The lowest BCUT2D eigenvalue weighted by Crippen LogP contribution is -2.24. The highest BCUT2D eigenvalue weighted by Crippen LogP contribution is 2.36. The van der Waals surface area contributed by atoms with E-state index < -0.39 is 0 Å². The SMILES string of the molecule is O=c1c2ccccc2n2c3ccc(-c4ccc5c(c4)c4ccccc4n5-c4ccccc4)cc3nc2n1-c1nc(-c2ccccc2)nc(-c2ccccc2)n1. The number of para-hydroxylation sites is 3. The zero-order valence-corrected chi connectivity index (χ0v) is 29.3. The summed E-state index contributed by atoms with van der Waals surface area (Å²) in [5, 5.41) is 2.89. The molecule has 0 atom stereocenters. The third-order valence-corrected chi connectivity index (χ3v) is 10.3. The molecule has 0 saturated carbocycles. The van der Waals surface area contributed by atoms with Crippen molar-refractivity contribution in [2.75, 3.05) is 0 Å². The Kier molecular flexibility index (Phi) is 6.84. The van der Waals surface area contributed by atoms with Crippen LogP contribution in [0.5, 0.6) is 0 Å². The molecule has 8 heteroatoms. The summed E-state index contributed by atoms with van der Waals surface area (Å²) >= 11 is 0. The molecule has 11 rings (SSSR count). The smallest absolute Gasteiger partial charge is 0.269 e. The first kappa shape index (κ1) is 30.9. The van der Waals surface area contributed by atoms with Gasteiger partial charge in [-0.15, -0.1) is 0 Å². The molecule has 0 aliphatic rings. The van der Waals surface area contributed by atoms with Gasteiger partial charge in [0.1, 0.15) is 0 Å². The zero-order chi connectivity index (χ0) is 36.5. The van der Waals surface area contributed by atoms with Crippen molar-refractivity contribution in [3.63, 3.8) is 0 Å². The van der Waals surface area contributed by atoms with Crippen LogP contribution in [0.25, 0.3) is 95.1 Å². The highest BCUT2D eigenvalue weighted by Gasteiger charge is 2.21. The molecule has 4 aromatic heterocycles. The molecule has 0 unspecified atom stereocenters. The van der Waals surface area contributed by atoms with Crippen LogP contribution in [0.3, 0.4) is 0 Å². The van der Waals surface area contributed by atoms with Crippen LogP contribution in [-0.4, -0.2) is 33.5 Å². The van der Waals surface area contributed by atoms with Crippen molar-refractivity contribution >= 4 is 49.5 Å². The van der Waals surface area contributed by atoms with Gasteiger partial charge in [-0.05, 0) is 65.7 Å². The molecule has 0 fully saturated rings. The Morgan fingerprint density at radius 3 is 1.62 bits per heavy atom. The fourth-order valence-corrected chi connectivity index (χ4v) is 7.78. The van der Waals surface area contributed by atoms with Gasteiger partial charge >= 0.3 is 0 Å². The molecule has 0 aliphatic heterocycles. The molecule has 11 aromatic rings. The minimum absolute atomic E-state index is 0.198. The van der Waals surface area contributed by atoms with Crippen LogP contribution in [0.1, 0.15) is 0 Å². The number of hydrogen-bond acceptors (Lipinski definition) is 5. The van der Waals surface area contributed by atoms with E-state index in [2.05, 4.69) is 89.5 Å². The normalized spacial score (nSPS) is 11.7. The number of rotatable bonds is 5. The highest BCUT2D eigenvalue weighted by atomic mass is 16.1. The maximum absolute atomic E-state index is 14.5. The summed E-state index contributed by atoms with van der Waals surface area (Å²) in [6.45, 7) is 0. The van der Waals surface area contributed by atoms with Gasteiger partial charge in [0.25, 0.3) is 5.56 Å². The van der Waals surface area contributed by atoms with Crippen molar-refractivity contribution in [3.8, 4) is 45.5 Å². The van der Waals surface area contributed by atoms with Gasteiger partial charge in [0.15, 0.2) is 11.6 Å². The van der Waals surface area contributed by atoms with Crippen LogP contribution in [0.15, 0.2) is 181 Å². The molecule has 0 spiro atoms. The van der Waals surface area contributed by atoms with E-state index in [9.17, 15) is 4.79 Å². The van der Waals surface area contributed by atoms with E-state index >= 15 is 0 Å². The highest BCUT2D eigenvalue weighted by molar-refractivity contribution is 6.10. The first-order chi connectivity index (χ1) is 27.2. The van der Waals surface area contributed by atoms with Gasteiger partial charge in [0.2, 0.25) is 11.7 Å². The molecule has 55 heavy (non-hydrogen) atoms. The van der Waals surface area contributed by atoms with Crippen molar-refractivity contribution < 1.29 is 0 Å². The van der Waals surface area contributed by atoms with Gasteiger partial charge in [-0.25, -0.2) is 14.5 Å². The summed E-state index contributed by atoms with van der Waals surface area (Å²) in [7, 11) is 0. The summed E-state index contributed by atoms with van der Waals surface area (Å²) in [4.78, 5) is 34.4. The number of benzene rings is 7. The lowest BCUT2D eigenvalue weighted by molar-refractivity contribution is 0.876. The largest absolute Gasteiger partial charge is 0.309 e. The fraction of sp³-hybridized carbons (Fsp3) is 0. The monoisotopic (exact) mass is 707 g/mol. The van der Waals surface area contributed by atoms with E-state index in [0.717, 1.165) is 55.5 Å². The van der Waals surface area contributed by atoms with Gasteiger partial charge in [0, 0.05) is 27.6 Å². The third kappa shape index (κ3) is 4.89. The van der Waals surface area contributed by atoms with Crippen molar-refractivity contribution in [2.45, 2.75) is 0 Å². The van der Waals surface area contributed by atoms with Gasteiger partial charge in [-0.2, -0.15) is 9.97 Å². The average Bonchev–Trinajstić information content (AvgIpc) is 3.80. The maximum Gasteiger partial charge on any atom is 0.269 e. The van der Waals surface area contributed by atoms with Gasteiger partial charge in [-0.3, -0.25) is 9.20 Å². The lowest BCUT2D eigenvalue weighted by atomic mass is 10.0. The Morgan fingerprint density at radius 2 is 0.927 bits per heavy atom. The number of nitrogens with zero attached hydrogens (tertiary/aromatic N) is 7. The average molecular weight is 708 g/mol. The first-order valence-corrected chi connectivity index (χ1v) is 18.1. The summed E-state index contributed by atoms with van der Waals surface area (Å²) in [6, 6.07) is 59.1. The summed E-state index contributed by atoms with van der Waals surface area (Å²) in [5.41, 5.74) is 9.25. The zero-order valence-electron chi connectivity index (χ0n) is 29.3. The second-order valence-electron chi connectivity index (χ2n) is 13.5. The predicted molar refractivity (Wildman–Crippen MR) is 220 cm³/mol. The molecule has 0 radical (unpaired) electrons. The Hall–Kier alpha value is -7.71. The standard InChI is InChI=1S/C47H29N7O/c55-45-36-21-11-13-23-40(36)53-42-27-25-33(32-24-26-41-37(28-32)35-20-10-12-22-39(35)52(41)34-18-8-3-9-19-34)29-38(42)48-47(53)54(45)46-50-43(30-14-4-1-5-15-30)49-44(51-46)31-16-6-2-7-17-31/h1-29H. The molecule has 258 valence electrons. The van der Waals surface area contributed by atoms with Crippen LogP contribution in [0, 0.1) is 0 Å². The molecule has 0 aliphatic carbocycles. The van der Waals surface area contributed by atoms with Crippen molar-refractivity contribution in [1.29, 1.82) is 0 Å². The molecule has 7 aromatic carbocycles. The molecule has 0 saturated heterocycles. The first-order valence-electron chi connectivity index (χ1n) is 18.1. The second-order valence-corrected chi connectivity index (χ2v) is 13.5. The van der Waals surface area contributed by atoms with E-state index in [1.807, 2.05) is 95.4 Å². The molecule has 0 N–H and O–H groups in total. The third-order valence-electron chi connectivity index (χ3n) is 10.3. The number of hydrogen-bond donors (Lipinski definition) is 0. The Bertz CT molecular complexity index is 3270. The Balaban J connectivity index is 1.14. The Labute approximate surface area is 313 Å². The van der Waals surface area contributed by atoms with Gasteiger partial charge in [0.05, 0.1) is 33.0 Å². The van der Waals surface area contributed by atoms with Crippen LogP contribution in [0.2, 0.25) is 0 Å². The van der Waals surface area contributed by atoms with Gasteiger partial charge < -0.3 is 4.57 Å². The molecule has 0 amide bonds. The molecule has 8 nitrogen and oxygen atoms in total. The quantitative estimate of drug-likeness (QED) is 0.178. The summed E-state index contributed by atoms with van der Waals surface area (Å²) < 4.78 is 5.87. The minimum Gasteiger partial charge on any atom is -0.309 e. The molecule has 4 heterocycles. The molecule has 0 bridgehead atoms. The lowest BCUT2D eigenvalue weighted by Gasteiger charge is -2.12. The molecular weight excluding hydrogens is 679 g/mol. The molecular formula is C47H29N7O. The maximum atomic E-state index is 14.5. The number of fused-ring (bicyclic) bond motifs is 8.